The molecule has 0 saturated heterocycles. The van der Waals surface area contributed by atoms with Gasteiger partial charge in [0.1, 0.15) is 0 Å². The van der Waals surface area contributed by atoms with Gasteiger partial charge in [-0.25, -0.2) is 0 Å². The third kappa shape index (κ3) is 5.17. The maximum Gasteiger partial charge on any atom is 0.308 e. The van der Waals surface area contributed by atoms with Crippen molar-refractivity contribution < 1.29 is 14.7 Å². The van der Waals surface area contributed by atoms with E-state index >= 15 is 0 Å². The van der Waals surface area contributed by atoms with Gasteiger partial charge in [0.2, 0.25) is 5.91 Å². The second kappa shape index (κ2) is 8.57. The summed E-state index contributed by atoms with van der Waals surface area (Å²) in [6.45, 7) is 7.92. The van der Waals surface area contributed by atoms with E-state index in [4.69, 9.17) is 0 Å². The minimum absolute atomic E-state index is 0.0810. The molecule has 0 bridgehead atoms. The van der Waals surface area contributed by atoms with Gasteiger partial charge < -0.3 is 10.4 Å². The van der Waals surface area contributed by atoms with E-state index in [1.54, 1.807) is 6.92 Å². The van der Waals surface area contributed by atoms with Gasteiger partial charge in [0, 0.05) is 6.42 Å². The Bertz CT molecular complexity index is 484. The first kappa shape index (κ1) is 18.2. The molecule has 3 atom stereocenters. The molecule has 1 rings (SSSR count). The third-order valence-corrected chi connectivity index (χ3v) is 4.28. The van der Waals surface area contributed by atoms with E-state index in [0.717, 1.165) is 12.0 Å². The summed E-state index contributed by atoms with van der Waals surface area (Å²) in [4.78, 5) is 23.7. The molecular weight excluding hydrogens is 278 g/mol. The molecular formula is C18H27NO3. The van der Waals surface area contributed by atoms with Crippen LogP contribution in [0.3, 0.4) is 0 Å². The highest BCUT2D eigenvalue weighted by Gasteiger charge is 2.27. The lowest BCUT2D eigenvalue weighted by Gasteiger charge is -2.25. The van der Waals surface area contributed by atoms with Crippen LogP contribution in [0.25, 0.3) is 0 Å². The maximum atomic E-state index is 12.3. The first-order valence-corrected chi connectivity index (χ1v) is 7.93. The molecule has 0 fully saturated rings. The lowest BCUT2D eigenvalue weighted by atomic mass is 9.89. The van der Waals surface area contributed by atoms with Crippen molar-refractivity contribution in [3.05, 3.63) is 35.9 Å². The summed E-state index contributed by atoms with van der Waals surface area (Å²) >= 11 is 0. The second-order valence-electron chi connectivity index (χ2n) is 6.20. The average Bonchev–Trinajstić information content (AvgIpc) is 2.50. The Morgan fingerprint density at radius 2 is 1.73 bits per heavy atom. The number of carbonyl (C=O) groups excluding carboxylic acids is 1. The molecule has 1 amide bonds. The van der Waals surface area contributed by atoms with Gasteiger partial charge in [-0.15, -0.1) is 0 Å². The Hall–Kier alpha value is -1.84. The fourth-order valence-electron chi connectivity index (χ4n) is 2.62. The van der Waals surface area contributed by atoms with E-state index in [2.05, 4.69) is 26.1 Å². The van der Waals surface area contributed by atoms with Crippen LogP contribution in [-0.2, 0) is 9.59 Å². The number of rotatable bonds is 8. The van der Waals surface area contributed by atoms with Crippen molar-refractivity contribution in [2.24, 2.45) is 17.8 Å². The Labute approximate surface area is 132 Å². The van der Waals surface area contributed by atoms with E-state index in [-0.39, 0.29) is 5.91 Å². The van der Waals surface area contributed by atoms with Crippen molar-refractivity contribution in [2.45, 2.75) is 46.6 Å². The summed E-state index contributed by atoms with van der Waals surface area (Å²) < 4.78 is 0. The highest BCUT2D eigenvalue weighted by atomic mass is 16.4. The normalized spacial score (nSPS) is 15.1. The lowest BCUT2D eigenvalue weighted by Crippen LogP contribution is -2.36. The summed E-state index contributed by atoms with van der Waals surface area (Å²) in [6, 6.07) is 8.78. The van der Waals surface area contributed by atoms with Gasteiger partial charge in [-0.2, -0.15) is 0 Å². The molecule has 1 aromatic carbocycles. The van der Waals surface area contributed by atoms with Crippen LogP contribution in [0.5, 0.6) is 0 Å². The molecule has 0 spiro atoms. The van der Waals surface area contributed by atoms with Crippen LogP contribution in [0, 0.1) is 17.8 Å². The molecule has 0 aliphatic carbocycles. The number of carboxylic acids is 1. The topological polar surface area (TPSA) is 66.4 Å². The molecule has 0 radical (unpaired) electrons. The van der Waals surface area contributed by atoms with Crippen LogP contribution in [-0.4, -0.2) is 17.0 Å². The van der Waals surface area contributed by atoms with Crippen LogP contribution in [0.4, 0.5) is 0 Å². The molecule has 122 valence electrons. The van der Waals surface area contributed by atoms with Gasteiger partial charge in [-0.3, -0.25) is 9.59 Å². The lowest BCUT2D eigenvalue weighted by molar-refractivity contribution is -0.142. The number of benzene rings is 1. The van der Waals surface area contributed by atoms with Gasteiger partial charge in [-0.1, -0.05) is 57.5 Å². The van der Waals surface area contributed by atoms with Crippen LogP contribution < -0.4 is 5.32 Å². The predicted molar refractivity (Wildman–Crippen MR) is 87.4 cm³/mol. The van der Waals surface area contributed by atoms with Crippen molar-refractivity contribution in [3.8, 4) is 0 Å². The zero-order valence-electron chi connectivity index (χ0n) is 13.9. The molecule has 3 unspecified atom stereocenters. The second-order valence-corrected chi connectivity index (χ2v) is 6.20. The minimum Gasteiger partial charge on any atom is -0.481 e. The zero-order valence-corrected chi connectivity index (χ0v) is 13.9. The predicted octanol–water partition coefficient (Wildman–Crippen LogP) is 3.64. The number of carbonyl (C=O) groups is 2. The Morgan fingerprint density at radius 3 is 2.18 bits per heavy atom. The van der Waals surface area contributed by atoms with Gasteiger partial charge in [0.05, 0.1) is 12.0 Å². The van der Waals surface area contributed by atoms with Crippen molar-refractivity contribution in [3.63, 3.8) is 0 Å². The number of amides is 1. The fraction of sp³-hybridized carbons (Fsp3) is 0.556. The maximum absolute atomic E-state index is 12.3. The molecule has 22 heavy (non-hydrogen) atoms. The Kier molecular flexibility index (Phi) is 7.09. The van der Waals surface area contributed by atoms with Crippen LogP contribution >= 0.6 is 0 Å². The summed E-state index contributed by atoms with van der Waals surface area (Å²) in [5, 5.41) is 12.2. The quantitative estimate of drug-likeness (QED) is 0.770. The summed E-state index contributed by atoms with van der Waals surface area (Å²) in [5.41, 5.74) is 0.823. The molecule has 4 nitrogen and oxygen atoms in total. The van der Waals surface area contributed by atoms with Crippen molar-refractivity contribution in [2.75, 3.05) is 0 Å². The average molecular weight is 305 g/mol. The smallest absolute Gasteiger partial charge is 0.308 e. The van der Waals surface area contributed by atoms with E-state index in [1.807, 2.05) is 30.3 Å². The molecule has 1 aromatic rings. The number of carboxylic acid groups (broad SMARTS) is 1. The Morgan fingerprint density at radius 1 is 1.14 bits per heavy atom. The standard InChI is InChI=1S/C18H27NO3/c1-5-14(12(2)3)11-16(20)19-17(13(4)18(21)22)15-9-7-6-8-10-15/h6-10,12-14,17H,5,11H2,1-4H3,(H,19,20)(H,21,22). The van der Waals surface area contributed by atoms with Gasteiger partial charge >= 0.3 is 5.97 Å². The molecule has 0 aromatic heterocycles. The van der Waals surface area contributed by atoms with Gasteiger partial charge in [0.15, 0.2) is 0 Å². The number of hydrogen-bond donors (Lipinski definition) is 2. The first-order chi connectivity index (χ1) is 10.4. The number of aliphatic carboxylic acids is 1. The van der Waals surface area contributed by atoms with Crippen LogP contribution in [0.2, 0.25) is 0 Å². The third-order valence-electron chi connectivity index (χ3n) is 4.28. The first-order valence-electron chi connectivity index (χ1n) is 7.93. The zero-order chi connectivity index (χ0) is 16.7. The molecule has 0 aliphatic rings. The molecule has 0 saturated carbocycles. The van der Waals surface area contributed by atoms with Crippen LogP contribution in [0.1, 0.15) is 52.1 Å². The molecule has 2 N–H and O–H groups in total. The molecule has 0 heterocycles. The highest BCUT2D eigenvalue weighted by Crippen LogP contribution is 2.24. The van der Waals surface area contributed by atoms with E-state index < -0.39 is 17.9 Å². The van der Waals surface area contributed by atoms with E-state index in [0.29, 0.717) is 18.3 Å². The molecule has 0 aliphatic heterocycles. The number of hydrogen-bond acceptors (Lipinski definition) is 2. The van der Waals surface area contributed by atoms with Crippen molar-refractivity contribution >= 4 is 11.9 Å². The van der Waals surface area contributed by atoms with Crippen molar-refractivity contribution in [1.29, 1.82) is 0 Å². The largest absolute Gasteiger partial charge is 0.481 e. The van der Waals surface area contributed by atoms with Gasteiger partial charge in [0.25, 0.3) is 0 Å². The highest BCUT2D eigenvalue weighted by molar-refractivity contribution is 5.78. The summed E-state index contributed by atoms with van der Waals surface area (Å²) in [7, 11) is 0. The van der Waals surface area contributed by atoms with E-state index in [9.17, 15) is 14.7 Å². The fourth-order valence-corrected chi connectivity index (χ4v) is 2.62. The SMILES string of the molecule is CCC(CC(=O)NC(c1ccccc1)C(C)C(=O)O)C(C)C. The van der Waals surface area contributed by atoms with Crippen LogP contribution in [0.15, 0.2) is 30.3 Å². The van der Waals surface area contributed by atoms with Crippen molar-refractivity contribution in [1.82, 2.24) is 5.32 Å². The van der Waals surface area contributed by atoms with E-state index in [1.165, 1.54) is 0 Å². The minimum atomic E-state index is -0.912. The molecule has 4 heteroatoms. The number of nitrogens with one attached hydrogen (secondary N) is 1. The summed E-state index contributed by atoms with van der Waals surface area (Å²) in [5.74, 6) is -0.919. The van der Waals surface area contributed by atoms with Gasteiger partial charge in [-0.05, 0) is 24.3 Å². The monoisotopic (exact) mass is 305 g/mol. The Balaban J connectivity index is 2.85. The summed E-state index contributed by atoms with van der Waals surface area (Å²) in [6.07, 6.45) is 1.37.